The molecular weight excluding hydrogens is 470 g/mol. The van der Waals surface area contributed by atoms with Crippen molar-refractivity contribution in [2.45, 2.75) is 12.1 Å². The highest BCUT2D eigenvalue weighted by Crippen LogP contribution is 2.29. The predicted molar refractivity (Wildman–Crippen MR) is 135 cm³/mol. The van der Waals surface area contributed by atoms with E-state index in [2.05, 4.69) is 15.2 Å². The molecule has 7 nitrogen and oxygen atoms in total. The maximum Gasteiger partial charge on any atom is 0.232 e. The fourth-order valence-corrected chi connectivity index (χ4v) is 4.29. The zero-order valence-electron chi connectivity index (χ0n) is 18.9. The quantitative estimate of drug-likeness (QED) is 0.308. The lowest BCUT2D eigenvalue weighted by molar-refractivity contribution is -0.127. The molecule has 2 heterocycles. The molecule has 34 heavy (non-hydrogen) atoms. The summed E-state index contributed by atoms with van der Waals surface area (Å²) in [6.07, 6.45) is 3.45. The molecule has 0 N–H and O–H groups in total. The summed E-state index contributed by atoms with van der Waals surface area (Å²) in [5.41, 5.74) is 2.96. The number of aromatic nitrogens is 4. The van der Waals surface area contributed by atoms with Crippen molar-refractivity contribution in [1.29, 1.82) is 0 Å². The van der Waals surface area contributed by atoms with E-state index in [1.165, 1.54) is 11.8 Å². The van der Waals surface area contributed by atoms with Crippen molar-refractivity contribution >= 4 is 29.3 Å². The fraction of sp³-hybridized carbons (Fsp3) is 0.200. The molecule has 0 saturated carbocycles. The maximum absolute atomic E-state index is 12.8. The molecule has 0 bridgehead atoms. The van der Waals surface area contributed by atoms with Gasteiger partial charge in [-0.25, -0.2) is 0 Å². The lowest BCUT2D eigenvalue weighted by atomic mass is 10.2. The maximum atomic E-state index is 12.8. The molecule has 174 valence electrons. The minimum Gasteiger partial charge on any atom is -0.492 e. The molecule has 0 fully saturated rings. The Kier molecular flexibility index (Phi) is 7.82. The van der Waals surface area contributed by atoms with Gasteiger partial charge in [-0.2, -0.15) is 0 Å². The second-order valence-electron chi connectivity index (χ2n) is 7.57. The molecule has 9 heteroatoms. The first-order valence-corrected chi connectivity index (χ1v) is 12.1. The van der Waals surface area contributed by atoms with E-state index < -0.39 is 0 Å². The normalized spacial score (nSPS) is 10.8. The SMILES string of the molecule is Cc1ccccc1-n1c(SCC(=O)N(C)CCOc2ccc(Cl)cc2)nnc1-c1ccncc1. The van der Waals surface area contributed by atoms with Crippen LogP contribution in [0.4, 0.5) is 0 Å². The smallest absolute Gasteiger partial charge is 0.232 e. The van der Waals surface area contributed by atoms with Crippen molar-refractivity contribution in [1.82, 2.24) is 24.6 Å². The highest BCUT2D eigenvalue weighted by atomic mass is 35.5. The number of pyridine rings is 1. The molecule has 0 unspecified atom stereocenters. The van der Waals surface area contributed by atoms with Crippen LogP contribution >= 0.6 is 23.4 Å². The Morgan fingerprint density at radius 3 is 2.53 bits per heavy atom. The van der Waals surface area contributed by atoms with Crippen LogP contribution in [0.3, 0.4) is 0 Å². The second kappa shape index (κ2) is 11.2. The Balaban J connectivity index is 1.44. The zero-order valence-corrected chi connectivity index (χ0v) is 20.5. The summed E-state index contributed by atoms with van der Waals surface area (Å²) >= 11 is 7.25. The van der Waals surface area contributed by atoms with Gasteiger partial charge in [-0.3, -0.25) is 14.3 Å². The van der Waals surface area contributed by atoms with E-state index in [0.29, 0.717) is 29.2 Å². The van der Waals surface area contributed by atoms with E-state index in [4.69, 9.17) is 16.3 Å². The fourth-order valence-electron chi connectivity index (χ4n) is 3.28. The number of hydrogen-bond donors (Lipinski definition) is 0. The van der Waals surface area contributed by atoms with Gasteiger partial charge in [0.25, 0.3) is 0 Å². The molecule has 0 atom stereocenters. The monoisotopic (exact) mass is 493 g/mol. The highest BCUT2D eigenvalue weighted by Gasteiger charge is 2.19. The van der Waals surface area contributed by atoms with E-state index >= 15 is 0 Å². The Morgan fingerprint density at radius 1 is 1.06 bits per heavy atom. The molecule has 2 aromatic heterocycles. The number of ether oxygens (including phenoxy) is 1. The Hall–Kier alpha value is -3.36. The standard InChI is InChI=1S/C25H24ClN5O2S/c1-18-5-3-4-6-22(18)31-24(19-11-13-27-14-12-19)28-29-25(31)34-17-23(32)30(2)15-16-33-21-9-7-20(26)8-10-21/h3-14H,15-17H2,1-2H3. The summed E-state index contributed by atoms with van der Waals surface area (Å²) in [4.78, 5) is 18.5. The number of hydrogen-bond acceptors (Lipinski definition) is 6. The minimum atomic E-state index is -0.0190. The van der Waals surface area contributed by atoms with Crippen molar-refractivity contribution < 1.29 is 9.53 Å². The summed E-state index contributed by atoms with van der Waals surface area (Å²) in [5, 5.41) is 10.1. The van der Waals surface area contributed by atoms with Crippen LogP contribution in [0.1, 0.15) is 5.56 Å². The molecule has 0 aliphatic carbocycles. The van der Waals surface area contributed by atoms with Gasteiger partial charge in [0, 0.05) is 30.0 Å². The predicted octanol–water partition coefficient (Wildman–Crippen LogP) is 4.92. The van der Waals surface area contributed by atoms with Crippen LogP contribution in [0.5, 0.6) is 5.75 Å². The molecule has 0 spiro atoms. The first-order chi connectivity index (χ1) is 16.5. The van der Waals surface area contributed by atoms with E-state index in [1.807, 2.05) is 47.9 Å². The van der Waals surface area contributed by atoms with Gasteiger partial charge in [0.05, 0.1) is 18.0 Å². The first-order valence-electron chi connectivity index (χ1n) is 10.7. The summed E-state index contributed by atoms with van der Waals surface area (Å²) in [6.45, 7) is 2.90. The summed E-state index contributed by atoms with van der Waals surface area (Å²) < 4.78 is 7.69. The summed E-state index contributed by atoms with van der Waals surface area (Å²) in [7, 11) is 1.77. The third kappa shape index (κ3) is 5.76. The van der Waals surface area contributed by atoms with Crippen LogP contribution in [0.15, 0.2) is 78.2 Å². The third-order valence-electron chi connectivity index (χ3n) is 5.19. The van der Waals surface area contributed by atoms with Crippen LogP contribution in [-0.2, 0) is 4.79 Å². The Bertz CT molecular complexity index is 1250. The number of aryl methyl sites for hydroxylation is 1. The van der Waals surface area contributed by atoms with Gasteiger partial charge in [-0.15, -0.1) is 10.2 Å². The van der Waals surface area contributed by atoms with Crippen molar-refractivity contribution in [2.75, 3.05) is 26.0 Å². The summed E-state index contributed by atoms with van der Waals surface area (Å²) in [6, 6.07) is 19.0. The molecule has 2 aromatic carbocycles. The lowest BCUT2D eigenvalue weighted by Gasteiger charge is -2.17. The molecule has 0 aliphatic heterocycles. The van der Waals surface area contributed by atoms with E-state index in [-0.39, 0.29) is 11.7 Å². The number of rotatable bonds is 9. The van der Waals surface area contributed by atoms with Gasteiger partial charge in [-0.1, -0.05) is 41.6 Å². The van der Waals surface area contributed by atoms with Crippen LogP contribution in [0.25, 0.3) is 17.1 Å². The average Bonchev–Trinajstić information content (AvgIpc) is 3.28. The van der Waals surface area contributed by atoms with Gasteiger partial charge in [0.15, 0.2) is 11.0 Å². The lowest BCUT2D eigenvalue weighted by Crippen LogP contribution is -2.32. The molecular formula is C25H24ClN5O2S. The number of likely N-dealkylation sites (N-methyl/N-ethyl adjacent to an activating group) is 1. The molecule has 4 aromatic rings. The van der Waals surface area contributed by atoms with Crippen molar-refractivity contribution in [3.8, 4) is 22.8 Å². The van der Waals surface area contributed by atoms with Crippen molar-refractivity contribution in [3.63, 3.8) is 0 Å². The van der Waals surface area contributed by atoms with E-state index in [9.17, 15) is 4.79 Å². The van der Waals surface area contributed by atoms with Gasteiger partial charge < -0.3 is 9.64 Å². The van der Waals surface area contributed by atoms with E-state index in [0.717, 1.165) is 22.6 Å². The number of carbonyl (C=O) groups excluding carboxylic acids is 1. The molecule has 1 amide bonds. The largest absolute Gasteiger partial charge is 0.492 e. The molecule has 0 aliphatic rings. The number of benzene rings is 2. The zero-order chi connectivity index (χ0) is 23.9. The van der Waals surface area contributed by atoms with E-state index in [1.54, 1.807) is 48.6 Å². The number of para-hydroxylation sites is 1. The van der Waals surface area contributed by atoms with Crippen molar-refractivity contribution in [2.24, 2.45) is 0 Å². The molecule has 0 saturated heterocycles. The number of nitrogens with zero attached hydrogens (tertiary/aromatic N) is 5. The Labute approximate surface area is 207 Å². The number of amides is 1. The highest BCUT2D eigenvalue weighted by molar-refractivity contribution is 7.99. The van der Waals surface area contributed by atoms with Gasteiger partial charge in [0.1, 0.15) is 12.4 Å². The van der Waals surface area contributed by atoms with Crippen LogP contribution in [-0.4, -0.2) is 56.5 Å². The van der Waals surface area contributed by atoms with Gasteiger partial charge in [0.2, 0.25) is 5.91 Å². The van der Waals surface area contributed by atoms with Crippen LogP contribution in [0.2, 0.25) is 5.02 Å². The number of carbonyl (C=O) groups is 1. The number of halogens is 1. The molecule has 0 radical (unpaired) electrons. The van der Waals surface area contributed by atoms with Gasteiger partial charge in [-0.05, 0) is 55.0 Å². The third-order valence-corrected chi connectivity index (χ3v) is 6.35. The summed E-state index contributed by atoms with van der Waals surface area (Å²) in [5.74, 6) is 1.64. The average molecular weight is 494 g/mol. The molecule has 4 rings (SSSR count). The first kappa shape index (κ1) is 23.8. The van der Waals surface area contributed by atoms with Crippen molar-refractivity contribution in [3.05, 3.63) is 83.6 Å². The minimum absolute atomic E-state index is 0.0190. The topological polar surface area (TPSA) is 73.1 Å². The number of thioether (sulfide) groups is 1. The van der Waals surface area contributed by atoms with Crippen LogP contribution < -0.4 is 4.74 Å². The van der Waals surface area contributed by atoms with Crippen LogP contribution in [0, 0.1) is 6.92 Å². The van der Waals surface area contributed by atoms with Gasteiger partial charge >= 0.3 is 0 Å². The Morgan fingerprint density at radius 2 is 1.79 bits per heavy atom. The second-order valence-corrected chi connectivity index (χ2v) is 8.95.